The van der Waals surface area contributed by atoms with Gasteiger partial charge in [-0.05, 0) is 24.4 Å². The number of fused-ring (bicyclic) bond motifs is 1. The van der Waals surface area contributed by atoms with Crippen molar-refractivity contribution in [2.24, 2.45) is 5.73 Å². The molecule has 4 heteroatoms. The molecule has 0 bridgehead atoms. The summed E-state index contributed by atoms with van der Waals surface area (Å²) in [6, 6.07) is 10.6. The Labute approximate surface area is 126 Å². The number of hydrogen-bond donors (Lipinski definition) is 1. The number of pyridine rings is 1. The number of rotatable bonds is 4. The average molecular weight is 284 g/mol. The van der Waals surface area contributed by atoms with Crippen LogP contribution in [0.25, 0.3) is 10.8 Å². The molecule has 1 saturated heterocycles. The Hall–Kier alpha value is -1.65. The summed E-state index contributed by atoms with van der Waals surface area (Å²) in [4.78, 5) is 9.74. The van der Waals surface area contributed by atoms with E-state index in [1.54, 1.807) is 0 Å². The van der Waals surface area contributed by atoms with Crippen LogP contribution in [0.15, 0.2) is 30.3 Å². The highest BCUT2D eigenvalue weighted by Gasteiger charge is 2.19. The minimum absolute atomic E-state index is 0.494. The topological polar surface area (TPSA) is 45.4 Å². The number of hydrogen-bond acceptors (Lipinski definition) is 4. The highest BCUT2D eigenvalue weighted by molar-refractivity contribution is 5.92. The van der Waals surface area contributed by atoms with Gasteiger partial charge in [0.25, 0.3) is 0 Å². The first kappa shape index (κ1) is 14.3. The van der Waals surface area contributed by atoms with E-state index in [0.29, 0.717) is 6.54 Å². The minimum Gasteiger partial charge on any atom is -0.354 e. The molecular weight excluding hydrogens is 260 g/mol. The quantitative estimate of drug-likeness (QED) is 0.935. The lowest BCUT2D eigenvalue weighted by atomic mass is 10.1. The fourth-order valence-electron chi connectivity index (χ4n) is 3.08. The summed E-state index contributed by atoms with van der Waals surface area (Å²) in [6.45, 7) is 8.27. The van der Waals surface area contributed by atoms with Crippen molar-refractivity contribution in [3.63, 3.8) is 0 Å². The van der Waals surface area contributed by atoms with Gasteiger partial charge < -0.3 is 10.6 Å². The van der Waals surface area contributed by atoms with Gasteiger partial charge in [-0.2, -0.15) is 0 Å². The molecule has 1 aromatic carbocycles. The first-order valence-electron chi connectivity index (χ1n) is 7.88. The predicted molar refractivity (Wildman–Crippen MR) is 88.6 cm³/mol. The van der Waals surface area contributed by atoms with Crippen LogP contribution in [0, 0.1) is 0 Å². The zero-order valence-corrected chi connectivity index (χ0v) is 12.8. The maximum absolute atomic E-state index is 5.81. The molecule has 0 saturated carbocycles. The van der Waals surface area contributed by atoms with Crippen molar-refractivity contribution in [1.29, 1.82) is 0 Å². The molecule has 21 heavy (non-hydrogen) atoms. The second-order valence-corrected chi connectivity index (χ2v) is 5.69. The molecule has 0 radical (unpaired) electrons. The highest BCUT2D eigenvalue weighted by atomic mass is 15.3. The summed E-state index contributed by atoms with van der Waals surface area (Å²) in [6.07, 6.45) is 1.23. The summed E-state index contributed by atoms with van der Waals surface area (Å²) in [5.41, 5.74) is 6.78. The third-order valence-corrected chi connectivity index (χ3v) is 4.19. The Bertz CT molecular complexity index is 603. The van der Waals surface area contributed by atoms with Gasteiger partial charge in [-0.25, -0.2) is 4.98 Å². The molecule has 2 heterocycles. The lowest BCUT2D eigenvalue weighted by molar-refractivity contribution is 0.258. The standard InChI is InChI=1S/C17H24N4/c1-2-7-20-8-10-21(11-9-20)17-16-6-4-3-5-14(16)12-15(13-18)19-17/h3-6,12H,2,7-11,13,18H2,1H3. The van der Waals surface area contributed by atoms with Crippen molar-refractivity contribution >= 4 is 16.6 Å². The van der Waals surface area contributed by atoms with E-state index in [-0.39, 0.29) is 0 Å². The number of anilines is 1. The van der Waals surface area contributed by atoms with E-state index in [1.807, 2.05) is 0 Å². The number of nitrogens with two attached hydrogens (primary N) is 1. The summed E-state index contributed by atoms with van der Waals surface area (Å²) in [7, 11) is 0. The van der Waals surface area contributed by atoms with Crippen molar-refractivity contribution in [2.45, 2.75) is 19.9 Å². The Kier molecular flexibility index (Phi) is 4.36. The fraction of sp³-hybridized carbons (Fsp3) is 0.471. The molecule has 112 valence electrons. The van der Waals surface area contributed by atoms with Crippen molar-refractivity contribution in [3.05, 3.63) is 36.0 Å². The lowest BCUT2D eigenvalue weighted by Gasteiger charge is -2.35. The van der Waals surface area contributed by atoms with Crippen LogP contribution in [-0.4, -0.2) is 42.6 Å². The molecule has 1 fully saturated rings. The number of nitrogens with zero attached hydrogens (tertiary/aromatic N) is 3. The number of piperazine rings is 1. The Morgan fingerprint density at radius 3 is 2.62 bits per heavy atom. The predicted octanol–water partition coefficient (Wildman–Crippen LogP) is 2.23. The Morgan fingerprint density at radius 1 is 1.14 bits per heavy atom. The van der Waals surface area contributed by atoms with E-state index in [4.69, 9.17) is 10.7 Å². The van der Waals surface area contributed by atoms with E-state index < -0.39 is 0 Å². The van der Waals surface area contributed by atoms with Crippen molar-refractivity contribution in [3.8, 4) is 0 Å². The summed E-state index contributed by atoms with van der Waals surface area (Å²) in [5.74, 6) is 1.10. The van der Waals surface area contributed by atoms with Crippen LogP contribution in [0.5, 0.6) is 0 Å². The first-order valence-corrected chi connectivity index (χ1v) is 7.88. The molecule has 0 aliphatic carbocycles. The van der Waals surface area contributed by atoms with Gasteiger partial charge >= 0.3 is 0 Å². The van der Waals surface area contributed by atoms with Gasteiger partial charge in [0.15, 0.2) is 0 Å². The minimum atomic E-state index is 0.494. The number of aromatic nitrogens is 1. The molecule has 0 unspecified atom stereocenters. The lowest BCUT2D eigenvalue weighted by Crippen LogP contribution is -2.47. The zero-order chi connectivity index (χ0) is 14.7. The molecule has 2 N–H and O–H groups in total. The average Bonchev–Trinajstić information content (AvgIpc) is 2.55. The van der Waals surface area contributed by atoms with Crippen LogP contribution in [0.3, 0.4) is 0 Å². The zero-order valence-electron chi connectivity index (χ0n) is 12.8. The molecule has 0 spiro atoms. The largest absolute Gasteiger partial charge is 0.354 e. The number of benzene rings is 1. The van der Waals surface area contributed by atoms with Gasteiger partial charge in [0.2, 0.25) is 0 Å². The van der Waals surface area contributed by atoms with Gasteiger partial charge in [0.1, 0.15) is 5.82 Å². The summed E-state index contributed by atoms with van der Waals surface area (Å²) < 4.78 is 0. The van der Waals surface area contributed by atoms with Crippen LogP contribution in [0.1, 0.15) is 19.0 Å². The van der Waals surface area contributed by atoms with Crippen molar-refractivity contribution in [1.82, 2.24) is 9.88 Å². The van der Waals surface area contributed by atoms with Gasteiger partial charge in [-0.1, -0.05) is 31.2 Å². The van der Waals surface area contributed by atoms with Gasteiger partial charge in [-0.3, -0.25) is 4.90 Å². The molecule has 0 atom stereocenters. The molecule has 2 aromatic rings. The first-order chi connectivity index (χ1) is 10.3. The fourth-order valence-corrected chi connectivity index (χ4v) is 3.08. The monoisotopic (exact) mass is 284 g/mol. The third kappa shape index (κ3) is 3.01. The SMILES string of the molecule is CCCN1CCN(c2nc(CN)cc3ccccc23)CC1. The Balaban J connectivity index is 1.89. The van der Waals surface area contributed by atoms with Crippen LogP contribution in [0.2, 0.25) is 0 Å². The van der Waals surface area contributed by atoms with Gasteiger partial charge in [-0.15, -0.1) is 0 Å². The Morgan fingerprint density at radius 2 is 1.90 bits per heavy atom. The van der Waals surface area contributed by atoms with Crippen LogP contribution in [-0.2, 0) is 6.54 Å². The van der Waals surface area contributed by atoms with Gasteiger partial charge in [0.05, 0.1) is 5.69 Å². The van der Waals surface area contributed by atoms with Crippen molar-refractivity contribution in [2.75, 3.05) is 37.6 Å². The molecule has 3 rings (SSSR count). The second kappa shape index (κ2) is 6.41. The van der Waals surface area contributed by atoms with Crippen LogP contribution >= 0.6 is 0 Å². The molecule has 0 amide bonds. The normalized spacial score (nSPS) is 16.6. The molecule has 1 aliphatic heterocycles. The summed E-state index contributed by atoms with van der Waals surface area (Å²) >= 11 is 0. The van der Waals surface area contributed by atoms with Crippen LogP contribution < -0.4 is 10.6 Å². The van der Waals surface area contributed by atoms with E-state index >= 15 is 0 Å². The van der Waals surface area contributed by atoms with Crippen LogP contribution in [0.4, 0.5) is 5.82 Å². The maximum atomic E-state index is 5.81. The maximum Gasteiger partial charge on any atom is 0.136 e. The smallest absolute Gasteiger partial charge is 0.136 e. The van der Waals surface area contributed by atoms with E-state index in [1.165, 1.54) is 23.7 Å². The molecule has 4 nitrogen and oxygen atoms in total. The third-order valence-electron chi connectivity index (χ3n) is 4.19. The highest BCUT2D eigenvalue weighted by Crippen LogP contribution is 2.26. The molecular formula is C17H24N4. The van der Waals surface area contributed by atoms with E-state index in [2.05, 4.69) is 47.1 Å². The van der Waals surface area contributed by atoms with E-state index in [0.717, 1.165) is 37.7 Å². The second-order valence-electron chi connectivity index (χ2n) is 5.69. The molecule has 1 aromatic heterocycles. The van der Waals surface area contributed by atoms with E-state index in [9.17, 15) is 0 Å². The molecule has 1 aliphatic rings. The van der Waals surface area contributed by atoms with Crippen molar-refractivity contribution < 1.29 is 0 Å². The summed E-state index contributed by atoms with van der Waals surface area (Å²) in [5, 5.41) is 2.47. The van der Waals surface area contributed by atoms with Gasteiger partial charge in [0, 0.05) is 38.1 Å².